The Morgan fingerprint density at radius 3 is 2.58 bits per heavy atom. The molecule has 7 heteroatoms. The van der Waals surface area contributed by atoms with Gasteiger partial charge in [0.1, 0.15) is 23.4 Å². The number of ketones is 1. The highest BCUT2D eigenvalue weighted by Gasteiger charge is 2.52. The Bertz CT molecular complexity index is 1250. The number of rotatable bonds is 12. The van der Waals surface area contributed by atoms with Crippen LogP contribution in [0.2, 0.25) is 18.1 Å². The van der Waals surface area contributed by atoms with Crippen molar-refractivity contribution in [3.8, 4) is 17.6 Å². The van der Waals surface area contributed by atoms with Crippen molar-refractivity contribution in [2.24, 2.45) is 17.8 Å². The zero-order valence-corrected chi connectivity index (χ0v) is 27.9. The first-order valence-corrected chi connectivity index (χ1v) is 19.7. The number of fused-ring (bicyclic) bond motifs is 3. The molecule has 1 heterocycles. The molecule has 222 valence electrons. The van der Waals surface area contributed by atoms with E-state index in [1.807, 2.05) is 6.92 Å². The fourth-order valence-corrected chi connectivity index (χ4v) is 7.70. The SMILES string of the molecule is CC#CC[C@H](C)[C@H](C)/C=C/[C@@H]1[C@H]2c3cccc(CCCC(=O)CS(C)(=O)=O)c3O[C@H]2C[C@H]1O[Si](C)(C)C(C)(C)C. The Balaban J connectivity index is 1.85. The van der Waals surface area contributed by atoms with E-state index in [2.05, 4.69) is 89.9 Å². The highest BCUT2D eigenvalue weighted by molar-refractivity contribution is 7.91. The number of para-hydroxylation sites is 1. The molecule has 0 saturated heterocycles. The molecule has 0 N–H and O–H groups in total. The summed E-state index contributed by atoms with van der Waals surface area (Å²) in [6.45, 7) is 18.0. The van der Waals surface area contributed by atoms with E-state index in [0.717, 1.165) is 30.4 Å². The van der Waals surface area contributed by atoms with Gasteiger partial charge in [0.05, 0.1) is 6.10 Å². The fourth-order valence-electron chi connectivity index (χ4n) is 5.61. The van der Waals surface area contributed by atoms with E-state index >= 15 is 0 Å². The highest BCUT2D eigenvalue weighted by atomic mass is 32.2. The van der Waals surface area contributed by atoms with Crippen molar-refractivity contribution in [3.05, 3.63) is 41.5 Å². The molecule has 6 atom stereocenters. The van der Waals surface area contributed by atoms with Crippen molar-refractivity contribution in [2.75, 3.05) is 12.0 Å². The van der Waals surface area contributed by atoms with Crippen LogP contribution in [0.3, 0.4) is 0 Å². The maximum Gasteiger partial charge on any atom is 0.192 e. The van der Waals surface area contributed by atoms with Crippen LogP contribution in [0.4, 0.5) is 0 Å². The van der Waals surface area contributed by atoms with E-state index in [0.29, 0.717) is 24.7 Å². The maximum absolute atomic E-state index is 12.1. The summed E-state index contributed by atoms with van der Waals surface area (Å²) in [5.74, 6) is 7.93. The fraction of sp³-hybridized carbons (Fsp3) is 0.667. The van der Waals surface area contributed by atoms with Crippen molar-refractivity contribution < 1.29 is 22.4 Å². The second-order valence-electron chi connectivity index (χ2n) is 13.6. The smallest absolute Gasteiger partial charge is 0.192 e. The second kappa shape index (κ2) is 13.0. The van der Waals surface area contributed by atoms with Crippen LogP contribution in [0.1, 0.15) is 84.3 Å². The van der Waals surface area contributed by atoms with Crippen LogP contribution in [0.5, 0.6) is 5.75 Å². The predicted octanol–water partition coefficient (Wildman–Crippen LogP) is 7.12. The van der Waals surface area contributed by atoms with Gasteiger partial charge in [-0.1, -0.05) is 65.0 Å². The van der Waals surface area contributed by atoms with Crippen molar-refractivity contribution in [3.63, 3.8) is 0 Å². The first-order valence-electron chi connectivity index (χ1n) is 14.8. The van der Waals surface area contributed by atoms with Crippen molar-refractivity contribution in [2.45, 2.75) is 110 Å². The van der Waals surface area contributed by atoms with E-state index in [1.165, 1.54) is 5.56 Å². The first-order chi connectivity index (χ1) is 18.5. The Morgan fingerprint density at radius 2 is 1.95 bits per heavy atom. The van der Waals surface area contributed by atoms with Gasteiger partial charge in [-0.2, -0.15) is 0 Å². The summed E-state index contributed by atoms with van der Waals surface area (Å²) >= 11 is 0. The van der Waals surface area contributed by atoms with Crippen LogP contribution in [0, 0.1) is 29.6 Å². The lowest BCUT2D eigenvalue weighted by molar-refractivity contribution is -0.116. The molecule has 1 fully saturated rings. The van der Waals surface area contributed by atoms with Crippen molar-refractivity contribution in [1.82, 2.24) is 0 Å². The summed E-state index contributed by atoms with van der Waals surface area (Å²) in [4.78, 5) is 12.1. The molecular formula is C33H50O5SSi. The number of carbonyl (C=O) groups is 1. The predicted molar refractivity (Wildman–Crippen MR) is 167 cm³/mol. The largest absolute Gasteiger partial charge is 0.489 e. The number of hydrogen-bond donors (Lipinski definition) is 0. The second-order valence-corrected chi connectivity index (χ2v) is 20.5. The Morgan fingerprint density at radius 1 is 1.25 bits per heavy atom. The maximum atomic E-state index is 12.1. The summed E-state index contributed by atoms with van der Waals surface area (Å²) in [5.41, 5.74) is 2.34. The Kier molecular flexibility index (Phi) is 10.6. The summed E-state index contributed by atoms with van der Waals surface area (Å²) in [7, 11) is -5.28. The van der Waals surface area contributed by atoms with Gasteiger partial charge in [0.2, 0.25) is 0 Å². The summed E-state index contributed by atoms with van der Waals surface area (Å²) < 4.78 is 36.6. The standard InChI is InChI=1S/C33H50O5SSi/c1-10-11-14-23(2)24(3)19-20-27-29(38-40(8,9)33(4,5)6)21-30-31(27)28-18-13-16-25(32(28)37-30)15-12-17-26(34)22-39(7,35)36/h13,16,18-20,23-24,27,29-31H,12,14-15,17,21-22H2,1-9H3/b20-19+/t23-,24+,27-,29+,30-,31-/m0/s1. The number of sulfone groups is 1. The molecule has 1 aliphatic carbocycles. The van der Waals surface area contributed by atoms with Crippen molar-refractivity contribution in [1.29, 1.82) is 0 Å². The van der Waals surface area contributed by atoms with E-state index < -0.39 is 18.2 Å². The normalized spacial score (nSPS) is 24.1. The molecule has 5 nitrogen and oxygen atoms in total. The van der Waals surface area contributed by atoms with Crippen LogP contribution < -0.4 is 4.74 Å². The quantitative estimate of drug-likeness (QED) is 0.148. The minimum atomic E-state index is -3.29. The van der Waals surface area contributed by atoms with E-state index in [-0.39, 0.29) is 47.0 Å². The van der Waals surface area contributed by atoms with E-state index in [9.17, 15) is 13.2 Å². The molecule has 2 aliphatic rings. The van der Waals surface area contributed by atoms with Crippen LogP contribution in [0.15, 0.2) is 30.4 Å². The minimum Gasteiger partial charge on any atom is -0.489 e. The summed E-state index contributed by atoms with van der Waals surface area (Å²) in [6, 6.07) is 6.36. The molecule has 0 unspecified atom stereocenters. The van der Waals surface area contributed by atoms with Gasteiger partial charge in [-0.15, -0.1) is 11.8 Å². The average Bonchev–Trinajstić information content (AvgIpc) is 3.34. The molecule has 1 saturated carbocycles. The van der Waals surface area contributed by atoms with E-state index in [4.69, 9.17) is 9.16 Å². The third-order valence-electron chi connectivity index (χ3n) is 9.18. The summed E-state index contributed by atoms with van der Waals surface area (Å²) in [5, 5.41) is 0.125. The minimum absolute atomic E-state index is 0.0612. The van der Waals surface area contributed by atoms with Crippen molar-refractivity contribution >= 4 is 23.9 Å². The lowest BCUT2D eigenvalue weighted by Gasteiger charge is -2.40. The van der Waals surface area contributed by atoms with Gasteiger partial charge in [0, 0.05) is 42.9 Å². The highest BCUT2D eigenvalue weighted by Crippen LogP contribution is 2.54. The molecular weight excluding hydrogens is 537 g/mol. The number of ether oxygens (including phenoxy) is 1. The van der Waals surface area contributed by atoms with Crippen LogP contribution in [0.25, 0.3) is 0 Å². The molecule has 40 heavy (non-hydrogen) atoms. The number of hydrogen-bond acceptors (Lipinski definition) is 5. The third kappa shape index (κ3) is 8.11. The van der Waals surface area contributed by atoms with Crippen LogP contribution in [-0.2, 0) is 25.5 Å². The van der Waals surface area contributed by atoms with Gasteiger partial charge in [-0.05, 0) is 55.3 Å². The molecule has 1 aliphatic heterocycles. The molecule has 0 amide bonds. The third-order valence-corrected chi connectivity index (χ3v) is 14.5. The lowest BCUT2D eigenvalue weighted by Crippen LogP contribution is -2.45. The summed E-state index contributed by atoms with van der Waals surface area (Å²) in [6.07, 6.45) is 9.36. The van der Waals surface area contributed by atoms with Gasteiger partial charge < -0.3 is 9.16 Å². The number of benzene rings is 1. The molecule has 3 rings (SSSR count). The zero-order valence-electron chi connectivity index (χ0n) is 26.0. The lowest BCUT2D eigenvalue weighted by atomic mass is 9.85. The first kappa shape index (κ1) is 32.6. The molecule has 0 aromatic heterocycles. The van der Waals surface area contributed by atoms with Crippen LogP contribution >= 0.6 is 0 Å². The number of aryl methyl sites for hydroxylation is 1. The number of allylic oxidation sites excluding steroid dienone is 1. The van der Waals surface area contributed by atoms with Crippen LogP contribution in [-0.4, -0.2) is 46.7 Å². The topological polar surface area (TPSA) is 69.7 Å². The van der Waals surface area contributed by atoms with Gasteiger partial charge in [0.25, 0.3) is 0 Å². The Hall–Kier alpha value is -1.88. The number of Topliss-reactive ketones (excluding diaryl/α,β-unsaturated/α-hetero) is 1. The molecule has 0 bridgehead atoms. The zero-order chi connectivity index (χ0) is 29.9. The monoisotopic (exact) mass is 586 g/mol. The van der Waals surface area contributed by atoms with E-state index in [1.54, 1.807) is 0 Å². The molecule has 1 aromatic rings. The average molecular weight is 587 g/mol. The van der Waals surface area contributed by atoms with Gasteiger partial charge in [-0.3, -0.25) is 4.79 Å². The van der Waals surface area contributed by atoms with Gasteiger partial charge in [-0.25, -0.2) is 8.42 Å². The molecule has 0 spiro atoms. The molecule has 1 aromatic carbocycles. The van der Waals surface area contributed by atoms with Gasteiger partial charge in [0.15, 0.2) is 18.2 Å². The number of carbonyl (C=O) groups excluding carboxylic acids is 1. The Labute approximate surface area is 244 Å². The molecule has 0 radical (unpaired) electrons. The van der Waals surface area contributed by atoms with Gasteiger partial charge >= 0.3 is 0 Å².